The first-order valence-electron chi connectivity index (χ1n) is 8.08. The molecule has 9 heteroatoms. The number of carbonyl (C=O) groups is 1. The average Bonchev–Trinajstić information content (AvgIpc) is 3.04. The molecule has 0 radical (unpaired) electrons. The van der Waals surface area contributed by atoms with Crippen LogP contribution in [0.4, 0.5) is 5.69 Å². The minimum Gasteiger partial charge on any atom is -0.324 e. The van der Waals surface area contributed by atoms with Crippen LogP contribution in [-0.4, -0.2) is 37.3 Å². The number of nitrogens with one attached hydrogen (secondary N) is 1. The Balaban J connectivity index is 0.00000312. The van der Waals surface area contributed by atoms with Crippen molar-refractivity contribution in [2.75, 3.05) is 18.4 Å². The van der Waals surface area contributed by atoms with Gasteiger partial charge in [-0.3, -0.25) is 4.79 Å². The van der Waals surface area contributed by atoms with Gasteiger partial charge in [0, 0.05) is 18.8 Å². The average molecular weight is 410 g/mol. The fourth-order valence-electron chi connectivity index (χ4n) is 2.75. The van der Waals surface area contributed by atoms with E-state index in [0.29, 0.717) is 25.2 Å². The number of hydrogen-bond acceptors (Lipinski definition) is 4. The van der Waals surface area contributed by atoms with Crippen molar-refractivity contribution in [3.05, 3.63) is 23.2 Å². The zero-order valence-electron chi connectivity index (χ0n) is 14.4. The number of halogens is 2. The number of sulfonamides is 1. The lowest BCUT2D eigenvalue weighted by Crippen LogP contribution is -2.48. The van der Waals surface area contributed by atoms with E-state index < -0.39 is 15.6 Å². The van der Waals surface area contributed by atoms with E-state index in [4.69, 9.17) is 17.3 Å². The van der Waals surface area contributed by atoms with E-state index in [-0.39, 0.29) is 28.2 Å². The Morgan fingerprint density at radius 3 is 2.52 bits per heavy atom. The summed E-state index contributed by atoms with van der Waals surface area (Å²) in [6.45, 7) is 4.59. The largest absolute Gasteiger partial charge is 0.324 e. The van der Waals surface area contributed by atoms with Gasteiger partial charge in [-0.15, -0.1) is 12.4 Å². The molecule has 25 heavy (non-hydrogen) atoms. The van der Waals surface area contributed by atoms with Gasteiger partial charge in [0.15, 0.2) is 0 Å². The smallest absolute Gasteiger partial charge is 0.244 e. The van der Waals surface area contributed by atoms with Crippen LogP contribution in [0.5, 0.6) is 0 Å². The van der Waals surface area contributed by atoms with Gasteiger partial charge < -0.3 is 11.1 Å². The van der Waals surface area contributed by atoms with Crippen molar-refractivity contribution in [3.8, 4) is 0 Å². The fourth-order valence-corrected chi connectivity index (χ4v) is 4.77. The maximum Gasteiger partial charge on any atom is 0.244 e. The molecule has 1 unspecified atom stereocenters. The number of nitrogens with zero attached hydrogens (tertiary/aromatic N) is 1. The first-order chi connectivity index (χ1) is 11.2. The van der Waals surface area contributed by atoms with E-state index in [2.05, 4.69) is 5.32 Å². The topological polar surface area (TPSA) is 92.5 Å². The summed E-state index contributed by atoms with van der Waals surface area (Å²) in [5, 5.41) is 2.83. The van der Waals surface area contributed by atoms with Crippen LogP contribution in [0.25, 0.3) is 0 Å². The van der Waals surface area contributed by atoms with Crippen LogP contribution in [0, 0.1) is 0 Å². The van der Waals surface area contributed by atoms with Crippen molar-refractivity contribution in [2.45, 2.75) is 50.0 Å². The molecule has 1 aromatic rings. The Kier molecular flexibility index (Phi) is 7.71. The highest BCUT2D eigenvalue weighted by Crippen LogP contribution is 2.30. The van der Waals surface area contributed by atoms with Crippen LogP contribution in [-0.2, 0) is 14.8 Å². The molecule has 1 fully saturated rings. The lowest BCUT2D eigenvalue weighted by molar-refractivity contribution is -0.120. The number of rotatable bonds is 6. The van der Waals surface area contributed by atoms with Crippen molar-refractivity contribution in [3.63, 3.8) is 0 Å². The van der Waals surface area contributed by atoms with Gasteiger partial charge >= 0.3 is 0 Å². The van der Waals surface area contributed by atoms with Gasteiger partial charge in [0.1, 0.15) is 4.90 Å². The molecule has 3 N–H and O–H groups in total. The van der Waals surface area contributed by atoms with Gasteiger partial charge in [0.05, 0.1) is 10.6 Å². The first-order valence-corrected chi connectivity index (χ1v) is 9.90. The lowest BCUT2D eigenvalue weighted by Gasteiger charge is -2.23. The molecular weight excluding hydrogens is 385 g/mol. The molecule has 1 amide bonds. The molecule has 0 spiro atoms. The number of amides is 1. The van der Waals surface area contributed by atoms with Crippen LogP contribution in [0.2, 0.25) is 5.02 Å². The standard InChI is InChI=1S/C16H24ClN3O3S.ClH/c1-3-8-16(2,18)15(21)19-12-6-7-13(17)14(11-12)24(22,23)20-9-4-5-10-20;/h6-7,11H,3-5,8-10,18H2,1-2H3,(H,19,21);1H. The fraction of sp³-hybridized carbons (Fsp3) is 0.562. The monoisotopic (exact) mass is 409 g/mol. The van der Waals surface area contributed by atoms with Crippen LogP contribution in [0.1, 0.15) is 39.5 Å². The van der Waals surface area contributed by atoms with Crippen molar-refractivity contribution in [1.29, 1.82) is 0 Å². The van der Waals surface area contributed by atoms with E-state index in [1.165, 1.54) is 16.4 Å². The second kappa shape index (κ2) is 8.68. The maximum atomic E-state index is 12.7. The molecule has 1 heterocycles. The minimum absolute atomic E-state index is 0. The molecule has 1 atom stereocenters. The number of nitrogens with two attached hydrogens (primary N) is 1. The van der Waals surface area contributed by atoms with Crippen molar-refractivity contribution in [1.82, 2.24) is 4.31 Å². The van der Waals surface area contributed by atoms with Crippen molar-refractivity contribution >= 4 is 45.6 Å². The number of hydrogen-bond donors (Lipinski definition) is 2. The second-order valence-electron chi connectivity index (χ2n) is 6.38. The van der Waals surface area contributed by atoms with E-state index in [1.807, 2.05) is 6.92 Å². The quantitative estimate of drug-likeness (QED) is 0.754. The van der Waals surface area contributed by atoms with Crippen LogP contribution >= 0.6 is 24.0 Å². The van der Waals surface area contributed by atoms with E-state index in [1.54, 1.807) is 13.0 Å². The molecular formula is C16H25Cl2N3O3S. The highest BCUT2D eigenvalue weighted by molar-refractivity contribution is 7.89. The number of anilines is 1. The Hall–Kier alpha value is -0.860. The highest BCUT2D eigenvalue weighted by Gasteiger charge is 2.30. The third-order valence-electron chi connectivity index (χ3n) is 4.16. The second-order valence-corrected chi connectivity index (χ2v) is 8.69. The summed E-state index contributed by atoms with van der Waals surface area (Å²) >= 11 is 6.09. The zero-order valence-corrected chi connectivity index (χ0v) is 16.8. The molecule has 0 bridgehead atoms. The Morgan fingerprint density at radius 2 is 1.96 bits per heavy atom. The summed E-state index contributed by atoms with van der Waals surface area (Å²) in [4.78, 5) is 12.3. The molecule has 0 aliphatic carbocycles. The lowest BCUT2D eigenvalue weighted by atomic mass is 9.96. The molecule has 0 saturated carbocycles. The number of benzene rings is 1. The van der Waals surface area contributed by atoms with Crippen LogP contribution in [0.15, 0.2) is 23.1 Å². The van der Waals surface area contributed by atoms with Gasteiger partial charge in [-0.25, -0.2) is 8.42 Å². The molecule has 1 aliphatic rings. The third kappa shape index (κ3) is 5.08. The summed E-state index contributed by atoms with van der Waals surface area (Å²) in [6, 6.07) is 4.45. The summed E-state index contributed by atoms with van der Waals surface area (Å²) in [6.07, 6.45) is 2.99. The predicted molar refractivity (Wildman–Crippen MR) is 103 cm³/mol. The third-order valence-corrected chi connectivity index (χ3v) is 6.54. The van der Waals surface area contributed by atoms with Crippen LogP contribution < -0.4 is 11.1 Å². The molecule has 0 aromatic heterocycles. The number of carbonyl (C=O) groups excluding carboxylic acids is 1. The molecule has 142 valence electrons. The molecule has 1 saturated heterocycles. The zero-order chi connectivity index (χ0) is 18.0. The molecule has 1 aromatic carbocycles. The summed E-state index contributed by atoms with van der Waals surface area (Å²) in [5.41, 5.74) is 5.37. The van der Waals surface area contributed by atoms with E-state index in [0.717, 1.165) is 19.3 Å². The van der Waals surface area contributed by atoms with E-state index in [9.17, 15) is 13.2 Å². The molecule has 6 nitrogen and oxygen atoms in total. The molecule has 1 aliphatic heterocycles. The summed E-state index contributed by atoms with van der Waals surface area (Å²) < 4.78 is 26.8. The Labute approximate surface area is 160 Å². The Morgan fingerprint density at radius 1 is 1.36 bits per heavy atom. The highest BCUT2D eigenvalue weighted by atomic mass is 35.5. The summed E-state index contributed by atoms with van der Waals surface area (Å²) in [7, 11) is -3.65. The van der Waals surface area contributed by atoms with Crippen molar-refractivity contribution in [2.24, 2.45) is 5.73 Å². The maximum absolute atomic E-state index is 12.7. The molecule has 2 rings (SSSR count). The summed E-state index contributed by atoms with van der Waals surface area (Å²) in [5.74, 6) is -0.351. The van der Waals surface area contributed by atoms with Gasteiger partial charge in [0.2, 0.25) is 15.9 Å². The van der Waals surface area contributed by atoms with Crippen LogP contribution in [0.3, 0.4) is 0 Å². The van der Waals surface area contributed by atoms with Gasteiger partial charge in [-0.05, 0) is 44.4 Å². The van der Waals surface area contributed by atoms with Gasteiger partial charge in [0.25, 0.3) is 0 Å². The normalized spacial score (nSPS) is 17.6. The Bertz CT molecular complexity index is 717. The predicted octanol–water partition coefficient (Wildman–Crippen LogP) is 3.00. The van der Waals surface area contributed by atoms with Gasteiger partial charge in [-0.2, -0.15) is 4.31 Å². The minimum atomic E-state index is -3.65. The SMILES string of the molecule is CCCC(C)(N)C(=O)Nc1ccc(Cl)c(S(=O)(=O)N2CCCC2)c1.Cl. The van der Waals surface area contributed by atoms with Gasteiger partial charge in [-0.1, -0.05) is 24.9 Å². The van der Waals surface area contributed by atoms with E-state index >= 15 is 0 Å². The first kappa shape index (κ1) is 22.2. The van der Waals surface area contributed by atoms with Crippen molar-refractivity contribution < 1.29 is 13.2 Å².